The van der Waals surface area contributed by atoms with Crippen LogP contribution in [0.25, 0.3) is 0 Å². The third-order valence-corrected chi connectivity index (χ3v) is 3.56. The molecule has 0 atom stereocenters. The van der Waals surface area contributed by atoms with E-state index in [0.717, 1.165) is 8.95 Å². The molecule has 0 fully saturated rings. The van der Waals surface area contributed by atoms with E-state index in [4.69, 9.17) is 0 Å². The molecule has 0 radical (unpaired) electrons. The Labute approximate surface area is 77.9 Å². The zero-order valence-corrected chi connectivity index (χ0v) is 9.08. The second-order valence-electron chi connectivity index (χ2n) is 2.38. The number of hydrogen-bond donors (Lipinski definition) is 0. The molecule has 0 aliphatic carbocycles. The first-order valence-corrected chi connectivity index (χ1v) is 4.62. The highest BCUT2D eigenvalue weighted by Crippen LogP contribution is 2.27. The van der Waals surface area contributed by atoms with Gasteiger partial charge in [0.2, 0.25) is 0 Å². The topological polar surface area (TPSA) is 0 Å². The zero-order valence-electron chi connectivity index (χ0n) is 5.91. The van der Waals surface area contributed by atoms with E-state index in [1.807, 2.05) is 0 Å². The normalized spacial score (nSPS) is 10.0. The summed E-state index contributed by atoms with van der Waals surface area (Å²) in [6, 6.07) is 4.24. The largest absolute Gasteiger partial charge is 0.0552 e. The van der Waals surface area contributed by atoms with Crippen molar-refractivity contribution >= 4 is 31.9 Å². The minimum atomic E-state index is 1.13. The maximum Gasteiger partial charge on any atom is 0.0346 e. The quantitative estimate of drug-likeness (QED) is 0.668. The summed E-state index contributed by atoms with van der Waals surface area (Å²) in [6.07, 6.45) is 0. The molecule has 0 amide bonds. The maximum absolute atomic E-state index is 3.47. The Morgan fingerprint density at radius 2 is 1.70 bits per heavy atom. The minimum Gasteiger partial charge on any atom is -0.0552 e. The summed E-state index contributed by atoms with van der Waals surface area (Å²) in [5, 5.41) is 0. The molecule has 0 heterocycles. The number of rotatable bonds is 0. The molecule has 0 N–H and O–H groups in total. The number of hydrogen-bond acceptors (Lipinski definition) is 0. The highest BCUT2D eigenvalue weighted by Gasteiger charge is 1.99. The standard InChI is InChI=1S/C8H8Br2/c1-5-3-6(2)8(10)7(9)4-5/h3-4H,1-2H3. The predicted octanol–water partition coefficient (Wildman–Crippen LogP) is 3.83. The van der Waals surface area contributed by atoms with Gasteiger partial charge < -0.3 is 0 Å². The second kappa shape index (κ2) is 3.05. The van der Waals surface area contributed by atoms with E-state index in [1.54, 1.807) is 0 Å². The van der Waals surface area contributed by atoms with Gasteiger partial charge in [0.05, 0.1) is 0 Å². The first-order valence-electron chi connectivity index (χ1n) is 3.03. The van der Waals surface area contributed by atoms with Gasteiger partial charge in [-0.05, 0) is 62.9 Å². The molecule has 0 aliphatic rings. The predicted molar refractivity (Wildman–Crippen MR) is 51.3 cm³/mol. The third kappa shape index (κ3) is 1.61. The van der Waals surface area contributed by atoms with Gasteiger partial charge in [-0.15, -0.1) is 0 Å². The lowest BCUT2D eigenvalue weighted by Crippen LogP contribution is -1.79. The van der Waals surface area contributed by atoms with Crippen LogP contribution in [0.5, 0.6) is 0 Å². The van der Waals surface area contributed by atoms with Crippen molar-refractivity contribution in [1.29, 1.82) is 0 Å². The van der Waals surface area contributed by atoms with Crippen molar-refractivity contribution in [3.8, 4) is 0 Å². The van der Waals surface area contributed by atoms with Crippen LogP contribution in [-0.4, -0.2) is 0 Å². The lowest BCUT2D eigenvalue weighted by Gasteiger charge is -2.01. The van der Waals surface area contributed by atoms with E-state index in [0.29, 0.717) is 0 Å². The van der Waals surface area contributed by atoms with Gasteiger partial charge in [-0.3, -0.25) is 0 Å². The average molecular weight is 264 g/mol. The van der Waals surface area contributed by atoms with Crippen LogP contribution in [0.1, 0.15) is 11.1 Å². The van der Waals surface area contributed by atoms with Crippen LogP contribution in [0.4, 0.5) is 0 Å². The Balaban J connectivity index is 3.31. The summed E-state index contributed by atoms with van der Waals surface area (Å²) >= 11 is 6.92. The van der Waals surface area contributed by atoms with Gasteiger partial charge in [0.1, 0.15) is 0 Å². The molecular formula is C8H8Br2. The van der Waals surface area contributed by atoms with Crippen LogP contribution in [-0.2, 0) is 0 Å². The van der Waals surface area contributed by atoms with Crippen molar-refractivity contribution < 1.29 is 0 Å². The molecule has 0 unspecified atom stereocenters. The molecule has 0 bridgehead atoms. The molecule has 0 saturated carbocycles. The molecule has 2 heteroatoms. The molecular weight excluding hydrogens is 256 g/mol. The fourth-order valence-electron chi connectivity index (χ4n) is 0.898. The lowest BCUT2D eigenvalue weighted by molar-refractivity contribution is 1.34. The number of benzene rings is 1. The van der Waals surface area contributed by atoms with E-state index in [2.05, 4.69) is 57.8 Å². The monoisotopic (exact) mass is 262 g/mol. The van der Waals surface area contributed by atoms with E-state index < -0.39 is 0 Å². The van der Waals surface area contributed by atoms with Gasteiger partial charge in [0, 0.05) is 8.95 Å². The molecule has 10 heavy (non-hydrogen) atoms. The van der Waals surface area contributed by atoms with Gasteiger partial charge in [-0.1, -0.05) is 6.07 Å². The van der Waals surface area contributed by atoms with Crippen molar-refractivity contribution in [2.24, 2.45) is 0 Å². The zero-order chi connectivity index (χ0) is 7.72. The highest BCUT2D eigenvalue weighted by atomic mass is 79.9. The Hall–Kier alpha value is 0.180. The van der Waals surface area contributed by atoms with E-state index in [-0.39, 0.29) is 0 Å². The van der Waals surface area contributed by atoms with Gasteiger partial charge in [-0.25, -0.2) is 0 Å². The van der Waals surface area contributed by atoms with Crippen molar-refractivity contribution in [3.05, 3.63) is 32.2 Å². The smallest absolute Gasteiger partial charge is 0.0346 e. The first-order chi connectivity index (χ1) is 4.61. The summed E-state index contributed by atoms with van der Waals surface area (Å²) in [7, 11) is 0. The fourth-order valence-corrected chi connectivity index (χ4v) is 1.80. The average Bonchev–Trinajstić information content (AvgIpc) is 1.82. The Morgan fingerprint density at radius 1 is 1.10 bits per heavy atom. The fraction of sp³-hybridized carbons (Fsp3) is 0.250. The summed E-state index contributed by atoms with van der Waals surface area (Å²) in [4.78, 5) is 0. The van der Waals surface area contributed by atoms with Crippen LogP contribution < -0.4 is 0 Å². The van der Waals surface area contributed by atoms with Crippen molar-refractivity contribution in [1.82, 2.24) is 0 Å². The summed E-state index contributed by atoms with van der Waals surface area (Å²) < 4.78 is 2.28. The molecule has 54 valence electrons. The van der Waals surface area contributed by atoms with Crippen LogP contribution in [0.15, 0.2) is 21.1 Å². The number of halogens is 2. The summed E-state index contributed by atoms with van der Waals surface area (Å²) in [6.45, 7) is 4.17. The molecule has 0 spiro atoms. The Bertz CT molecular complexity index is 230. The van der Waals surface area contributed by atoms with Crippen LogP contribution in [0, 0.1) is 13.8 Å². The summed E-state index contributed by atoms with van der Waals surface area (Å²) in [5.41, 5.74) is 2.56. The third-order valence-electron chi connectivity index (χ3n) is 1.35. The van der Waals surface area contributed by atoms with Crippen molar-refractivity contribution in [2.45, 2.75) is 13.8 Å². The second-order valence-corrected chi connectivity index (χ2v) is 4.02. The SMILES string of the molecule is Cc1cc(C)c(Br)c(Br)c1. The Kier molecular flexibility index (Phi) is 2.53. The van der Waals surface area contributed by atoms with Gasteiger partial charge in [-0.2, -0.15) is 0 Å². The molecule has 0 aromatic heterocycles. The van der Waals surface area contributed by atoms with Crippen LogP contribution >= 0.6 is 31.9 Å². The lowest BCUT2D eigenvalue weighted by atomic mass is 10.2. The molecule has 1 rings (SSSR count). The molecule has 0 nitrogen and oxygen atoms in total. The Morgan fingerprint density at radius 3 is 2.20 bits per heavy atom. The maximum atomic E-state index is 3.47. The van der Waals surface area contributed by atoms with Crippen molar-refractivity contribution in [2.75, 3.05) is 0 Å². The highest BCUT2D eigenvalue weighted by molar-refractivity contribution is 9.13. The summed E-state index contributed by atoms with van der Waals surface area (Å²) in [5.74, 6) is 0. The van der Waals surface area contributed by atoms with Crippen LogP contribution in [0.3, 0.4) is 0 Å². The molecule has 1 aromatic carbocycles. The van der Waals surface area contributed by atoms with E-state index >= 15 is 0 Å². The van der Waals surface area contributed by atoms with E-state index in [1.165, 1.54) is 11.1 Å². The molecule has 0 saturated heterocycles. The van der Waals surface area contributed by atoms with E-state index in [9.17, 15) is 0 Å². The van der Waals surface area contributed by atoms with Crippen molar-refractivity contribution in [3.63, 3.8) is 0 Å². The molecule has 0 aliphatic heterocycles. The van der Waals surface area contributed by atoms with Gasteiger partial charge >= 0.3 is 0 Å². The van der Waals surface area contributed by atoms with Gasteiger partial charge in [0.15, 0.2) is 0 Å². The van der Waals surface area contributed by atoms with Crippen LogP contribution in [0.2, 0.25) is 0 Å². The van der Waals surface area contributed by atoms with Gasteiger partial charge in [0.25, 0.3) is 0 Å². The minimum absolute atomic E-state index is 1.13. The first kappa shape index (κ1) is 8.28. The number of aryl methyl sites for hydroxylation is 2. The molecule has 1 aromatic rings.